The Morgan fingerprint density at radius 1 is 1.00 bits per heavy atom. The van der Waals surface area contributed by atoms with Gasteiger partial charge in [0.25, 0.3) is 11.1 Å². The molecular formula is C24H24N4O4. The Morgan fingerprint density at radius 3 is 2.59 bits per heavy atom. The molecule has 1 aromatic carbocycles. The first kappa shape index (κ1) is 20.2. The number of hydrogen-bond acceptors (Lipinski definition) is 5. The van der Waals surface area contributed by atoms with Crippen LogP contribution in [0.25, 0.3) is 11.3 Å². The first-order valence-electron chi connectivity index (χ1n) is 10.7. The van der Waals surface area contributed by atoms with E-state index in [9.17, 15) is 14.4 Å². The fourth-order valence-electron chi connectivity index (χ4n) is 4.81. The van der Waals surface area contributed by atoms with Gasteiger partial charge in [-0.2, -0.15) is 5.10 Å². The highest BCUT2D eigenvalue weighted by Crippen LogP contribution is 2.35. The molecule has 1 amide bonds. The Labute approximate surface area is 184 Å². The molecule has 2 aliphatic heterocycles. The summed E-state index contributed by atoms with van der Waals surface area (Å²) in [5.41, 5.74) is 2.14. The highest BCUT2D eigenvalue weighted by molar-refractivity contribution is 5.76. The monoisotopic (exact) mass is 432 g/mol. The number of methoxy groups -OCH3 is 1. The zero-order valence-corrected chi connectivity index (χ0v) is 17.8. The molecule has 164 valence electrons. The minimum Gasteiger partial charge on any atom is -0.497 e. The average Bonchev–Trinajstić information content (AvgIpc) is 2.81. The maximum atomic E-state index is 13.1. The molecule has 0 saturated carbocycles. The lowest BCUT2D eigenvalue weighted by Gasteiger charge is -2.42. The van der Waals surface area contributed by atoms with E-state index in [0.717, 1.165) is 23.4 Å². The lowest BCUT2D eigenvalue weighted by Crippen LogP contribution is -2.50. The fraction of sp³-hybridized carbons (Fsp3) is 0.333. The second kappa shape index (κ2) is 8.11. The number of nitrogens with zero attached hydrogens (tertiary/aromatic N) is 4. The van der Waals surface area contributed by atoms with Crippen molar-refractivity contribution in [2.24, 2.45) is 5.92 Å². The van der Waals surface area contributed by atoms with Crippen LogP contribution in [0.1, 0.15) is 18.0 Å². The van der Waals surface area contributed by atoms with Gasteiger partial charge in [0.05, 0.1) is 12.8 Å². The maximum absolute atomic E-state index is 13.1. The molecule has 1 saturated heterocycles. The third-order valence-electron chi connectivity index (χ3n) is 6.37. The van der Waals surface area contributed by atoms with E-state index in [0.29, 0.717) is 25.3 Å². The van der Waals surface area contributed by atoms with Crippen LogP contribution in [0.4, 0.5) is 0 Å². The van der Waals surface area contributed by atoms with E-state index in [2.05, 4.69) is 5.10 Å². The van der Waals surface area contributed by atoms with Gasteiger partial charge in [-0.1, -0.05) is 6.07 Å². The number of amides is 1. The van der Waals surface area contributed by atoms with Gasteiger partial charge < -0.3 is 14.2 Å². The third-order valence-corrected chi connectivity index (χ3v) is 6.37. The predicted molar refractivity (Wildman–Crippen MR) is 119 cm³/mol. The molecule has 1 fully saturated rings. The molecule has 5 rings (SSSR count). The molecule has 2 aromatic heterocycles. The second-order valence-electron chi connectivity index (χ2n) is 8.44. The number of pyridine rings is 1. The van der Waals surface area contributed by atoms with Gasteiger partial charge in [0.1, 0.15) is 12.3 Å². The zero-order valence-electron chi connectivity index (χ0n) is 17.8. The van der Waals surface area contributed by atoms with Crippen molar-refractivity contribution in [2.75, 3.05) is 20.2 Å². The average molecular weight is 432 g/mol. The van der Waals surface area contributed by atoms with Crippen molar-refractivity contribution in [3.63, 3.8) is 0 Å². The Hall–Kier alpha value is -3.68. The molecule has 0 radical (unpaired) electrons. The Bertz CT molecular complexity index is 1280. The fourth-order valence-corrected chi connectivity index (χ4v) is 4.81. The van der Waals surface area contributed by atoms with Crippen LogP contribution in [0.2, 0.25) is 0 Å². The number of piperidine rings is 1. The number of likely N-dealkylation sites (tertiary alicyclic amines) is 1. The molecule has 32 heavy (non-hydrogen) atoms. The standard InChI is InChI=1S/C24H24N4O4/c1-32-19-7-5-17(6-8-19)20-9-10-23(30)28(25-20)15-24(31)26-12-16-11-18(14-26)21-3-2-4-22(29)27(21)13-16/h2-10,16,18H,11-15H2,1H3/t16-,18+/m1/s1. The van der Waals surface area contributed by atoms with Crippen LogP contribution in [-0.4, -0.2) is 45.4 Å². The van der Waals surface area contributed by atoms with E-state index in [4.69, 9.17) is 4.74 Å². The molecule has 2 atom stereocenters. The summed E-state index contributed by atoms with van der Waals surface area (Å²) in [4.78, 5) is 39.5. The van der Waals surface area contributed by atoms with Gasteiger partial charge in [0.2, 0.25) is 5.91 Å². The summed E-state index contributed by atoms with van der Waals surface area (Å²) in [5, 5.41) is 4.42. The second-order valence-corrected chi connectivity index (χ2v) is 8.44. The highest BCUT2D eigenvalue weighted by Gasteiger charge is 2.36. The van der Waals surface area contributed by atoms with Crippen LogP contribution >= 0.6 is 0 Å². The minimum absolute atomic E-state index is 0.0167. The van der Waals surface area contributed by atoms with Crippen LogP contribution in [-0.2, 0) is 17.9 Å². The van der Waals surface area contributed by atoms with Crippen molar-refractivity contribution in [3.8, 4) is 17.0 Å². The van der Waals surface area contributed by atoms with Crippen LogP contribution in [0.15, 0.2) is 64.2 Å². The molecule has 0 aliphatic carbocycles. The molecule has 0 unspecified atom stereocenters. The van der Waals surface area contributed by atoms with Crippen LogP contribution < -0.4 is 15.9 Å². The number of carbonyl (C=O) groups is 1. The molecule has 4 heterocycles. The van der Waals surface area contributed by atoms with Crippen LogP contribution in [0, 0.1) is 5.92 Å². The highest BCUT2D eigenvalue weighted by atomic mass is 16.5. The van der Waals surface area contributed by atoms with Crippen molar-refractivity contribution in [1.29, 1.82) is 0 Å². The molecular weight excluding hydrogens is 408 g/mol. The van der Waals surface area contributed by atoms with Gasteiger partial charge in [0.15, 0.2) is 0 Å². The van der Waals surface area contributed by atoms with E-state index in [1.165, 1.54) is 10.7 Å². The van der Waals surface area contributed by atoms with Crippen molar-refractivity contribution < 1.29 is 9.53 Å². The number of benzene rings is 1. The Morgan fingerprint density at radius 2 is 1.81 bits per heavy atom. The lowest BCUT2D eigenvalue weighted by atomic mass is 9.83. The molecule has 0 spiro atoms. The van der Waals surface area contributed by atoms with Crippen LogP contribution in [0.3, 0.4) is 0 Å². The molecule has 2 aliphatic rings. The molecule has 0 N–H and O–H groups in total. The summed E-state index contributed by atoms with van der Waals surface area (Å²) < 4.78 is 8.25. The van der Waals surface area contributed by atoms with E-state index in [1.54, 1.807) is 25.3 Å². The number of rotatable bonds is 4. The van der Waals surface area contributed by atoms with Crippen molar-refractivity contribution >= 4 is 5.91 Å². The summed E-state index contributed by atoms with van der Waals surface area (Å²) >= 11 is 0. The smallest absolute Gasteiger partial charge is 0.267 e. The molecule has 8 heteroatoms. The molecule has 2 bridgehead atoms. The van der Waals surface area contributed by atoms with Gasteiger partial charge >= 0.3 is 0 Å². The van der Waals surface area contributed by atoms with Gasteiger partial charge in [0, 0.05) is 48.9 Å². The zero-order chi connectivity index (χ0) is 22.2. The van der Waals surface area contributed by atoms with E-state index in [-0.39, 0.29) is 35.4 Å². The summed E-state index contributed by atoms with van der Waals surface area (Å²) in [7, 11) is 1.60. The Kier molecular flexibility index (Phi) is 5.13. The largest absolute Gasteiger partial charge is 0.497 e. The third kappa shape index (κ3) is 3.72. The molecule has 3 aromatic rings. The van der Waals surface area contributed by atoms with E-state index in [1.807, 2.05) is 39.8 Å². The normalized spacial score (nSPS) is 19.3. The summed E-state index contributed by atoms with van der Waals surface area (Å²) in [6.07, 6.45) is 0.971. The maximum Gasteiger partial charge on any atom is 0.267 e. The van der Waals surface area contributed by atoms with Gasteiger partial charge in [-0.05, 0) is 48.7 Å². The van der Waals surface area contributed by atoms with Gasteiger partial charge in [-0.3, -0.25) is 14.4 Å². The minimum atomic E-state index is -0.315. The number of carbonyl (C=O) groups excluding carboxylic acids is 1. The van der Waals surface area contributed by atoms with Crippen LogP contribution in [0.5, 0.6) is 5.75 Å². The Balaban J connectivity index is 1.35. The van der Waals surface area contributed by atoms with Crippen molar-refractivity contribution in [1.82, 2.24) is 19.2 Å². The topological polar surface area (TPSA) is 86.4 Å². The quantitative estimate of drug-likeness (QED) is 0.627. The molecule has 8 nitrogen and oxygen atoms in total. The van der Waals surface area contributed by atoms with E-state index >= 15 is 0 Å². The number of ether oxygens (including phenoxy) is 1. The summed E-state index contributed by atoms with van der Waals surface area (Å²) in [5.74, 6) is 0.973. The number of hydrogen-bond donors (Lipinski definition) is 0. The lowest BCUT2D eigenvalue weighted by molar-refractivity contribution is -0.134. The SMILES string of the molecule is COc1ccc(-c2ccc(=O)n(CC(=O)N3C[C@H]4C[C@@H](C3)c3cccc(=O)n3C4)n2)cc1. The van der Waals surface area contributed by atoms with E-state index < -0.39 is 0 Å². The number of fused-ring (bicyclic) bond motifs is 4. The van der Waals surface area contributed by atoms with Crippen molar-refractivity contribution in [3.05, 3.63) is 81.0 Å². The van der Waals surface area contributed by atoms with Crippen molar-refractivity contribution in [2.45, 2.75) is 25.4 Å². The first-order chi connectivity index (χ1) is 15.5. The van der Waals surface area contributed by atoms with Gasteiger partial charge in [-0.25, -0.2) is 4.68 Å². The summed E-state index contributed by atoms with van der Waals surface area (Å²) in [6, 6.07) is 15.8. The summed E-state index contributed by atoms with van der Waals surface area (Å²) in [6.45, 7) is 1.65. The number of aromatic nitrogens is 3. The van der Waals surface area contributed by atoms with Gasteiger partial charge in [-0.15, -0.1) is 0 Å². The first-order valence-corrected chi connectivity index (χ1v) is 10.7. The predicted octanol–water partition coefficient (Wildman–Crippen LogP) is 1.73.